The number of aromatic amines is 1. The summed E-state index contributed by atoms with van der Waals surface area (Å²) in [4.78, 5) is 40.6. The molecule has 0 spiro atoms. The predicted molar refractivity (Wildman–Crippen MR) is 141 cm³/mol. The summed E-state index contributed by atoms with van der Waals surface area (Å²) in [5.74, 6) is 0.469. The van der Waals surface area contributed by atoms with Crippen molar-refractivity contribution in [3.8, 4) is 11.1 Å². The Morgan fingerprint density at radius 2 is 1.97 bits per heavy atom. The van der Waals surface area contributed by atoms with Crippen LogP contribution in [0.3, 0.4) is 0 Å². The number of aromatic nitrogens is 6. The van der Waals surface area contributed by atoms with Gasteiger partial charge < -0.3 is 20.9 Å². The molecule has 1 saturated heterocycles. The average Bonchev–Trinajstić information content (AvgIpc) is 3.30. The number of hydrogen-bond acceptors (Lipinski definition) is 8. The molecule has 0 atom stereocenters. The molecule has 5 N–H and O–H groups in total. The molecule has 12 nitrogen and oxygen atoms in total. The monoisotopic (exact) mass is 506 g/mol. The molecule has 2 fully saturated rings. The zero-order valence-corrected chi connectivity index (χ0v) is 20.0. The molecule has 188 valence electrons. The van der Waals surface area contributed by atoms with Crippen LogP contribution in [0.4, 0.5) is 16.7 Å². The number of hydrogen-bond donors (Lipinski definition) is 5. The number of benzene rings is 1. The first-order valence-corrected chi connectivity index (χ1v) is 12.2. The highest BCUT2D eigenvalue weighted by Crippen LogP contribution is 2.28. The Balaban J connectivity index is 1.22. The highest BCUT2D eigenvalue weighted by molar-refractivity contribution is 6.14. The summed E-state index contributed by atoms with van der Waals surface area (Å²) < 4.78 is 1.61. The van der Waals surface area contributed by atoms with Gasteiger partial charge in [-0.15, -0.1) is 0 Å². The molecule has 5 aromatic rings. The normalized spacial score (nSPS) is 16.3. The van der Waals surface area contributed by atoms with E-state index in [1.807, 2.05) is 30.6 Å². The number of pyridine rings is 1. The zero-order valence-electron chi connectivity index (χ0n) is 20.0. The maximum atomic E-state index is 12.0. The lowest BCUT2D eigenvalue weighted by Gasteiger charge is -2.13. The van der Waals surface area contributed by atoms with Crippen LogP contribution in [-0.2, 0) is 11.3 Å². The van der Waals surface area contributed by atoms with Crippen molar-refractivity contribution in [3.63, 3.8) is 0 Å². The van der Waals surface area contributed by atoms with Gasteiger partial charge in [0.15, 0.2) is 5.65 Å². The van der Waals surface area contributed by atoms with Gasteiger partial charge in [0.2, 0.25) is 11.9 Å². The molecule has 0 bridgehead atoms. The first-order chi connectivity index (χ1) is 18.6. The van der Waals surface area contributed by atoms with Crippen molar-refractivity contribution < 1.29 is 9.59 Å². The largest absolute Gasteiger partial charge is 0.351 e. The van der Waals surface area contributed by atoms with Gasteiger partial charge >= 0.3 is 6.03 Å². The van der Waals surface area contributed by atoms with Crippen molar-refractivity contribution in [2.45, 2.75) is 25.4 Å². The second-order valence-electron chi connectivity index (χ2n) is 9.24. The van der Waals surface area contributed by atoms with Crippen LogP contribution in [0.1, 0.15) is 24.0 Å². The topological polar surface area (TPSA) is 154 Å². The average molecular weight is 507 g/mol. The SMILES string of the molecule is O=C1NC(=O)/C(=C/c2cnn3c(NC4CC4)nc(NCc4ccccc4-c4cnc5[nH]ccc5c4)nc23)N1. The first kappa shape index (κ1) is 22.0. The number of anilines is 2. The number of urea groups is 1. The Hall–Kier alpha value is -5.26. The number of nitrogens with one attached hydrogen (secondary N) is 5. The van der Waals surface area contributed by atoms with E-state index in [2.05, 4.69) is 59.5 Å². The predicted octanol–water partition coefficient (Wildman–Crippen LogP) is 3.03. The van der Waals surface area contributed by atoms with Gasteiger partial charge in [-0.3, -0.25) is 10.1 Å². The minimum atomic E-state index is -0.560. The van der Waals surface area contributed by atoms with Gasteiger partial charge in [-0.05, 0) is 42.2 Å². The summed E-state index contributed by atoms with van der Waals surface area (Å²) in [7, 11) is 0. The van der Waals surface area contributed by atoms with Crippen LogP contribution in [0.15, 0.2) is 60.7 Å². The third kappa shape index (κ3) is 4.07. The van der Waals surface area contributed by atoms with Crippen molar-refractivity contribution in [2.75, 3.05) is 10.6 Å². The summed E-state index contributed by atoms with van der Waals surface area (Å²) in [6.07, 6.45) is 9.01. The quantitative estimate of drug-likeness (QED) is 0.167. The Morgan fingerprint density at radius 1 is 1.08 bits per heavy atom. The standard InChI is InChI=1S/C26H22N10O2/c37-23-20(32-26(38)34-23)10-17-13-30-36-22(17)33-24(35-25(36)31-18-5-6-18)29-11-15-3-1-2-4-19(15)16-9-14-7-8-27-21(14)28-12-16/h1-4,7-10,12-13,18H,5-6,11H2,(H,27,28)(H2,29,31,33,35)(H2,32,34,37,38)/b20-10-. The number of fused-ring (bicyclic) bond motifs is 2. The molecule has 1 saturated carbocycles. The zero-order chi connectivity index (χ0) is 25.6. The lowest BCUT2D eigenvalue weighted by Crippen LogP contribution is -2.22. The lowest BCUT2D eigenvalue weighted by molar-refractivity contribution is -0.115. The van der Waals surface area contributed by atoms with Gasteiger partial charge in [0, 0.05) is 41.5 Å². The van der Waals surface area contributed by atoms with E-state index < -0.39 is 11.9 Å². The minimum Gasteiger partial charge on any atom is -0.351 e. The molecule has 4 aromatic heterocycles. The second-order valence-corrected chi connectivity index (χ2v) is 9.24. The van der Waals surface area contributed by atoms with Crippen molar-refractivity contribution in [3.05, 3.63) is 71.8 Å². The summed E-state index contributed by atoms with van der Waals surface area (Å²) in [6.45, 7) is 0.476. The van der Waals surface area contributed by atoms with Crippen LogP contribution in [0.5, 0.6) is 0 Å². The van der Waals surface area contributed by atoms with Gasteiger partial charge in [-0.2, -0.15) is 19.6 Å². The summed E-state index contributed by atoms with van der Waals surface area (Å²) in [6, 6.07) is 12.0. The highest BCUT2D eigenvalue weighted by atomic mass is 16.2. The van der Waals surface area contributed by atoms with E-state index in [0.717, 1.165) is 40.6 Å². The van der Waals surface area contributed by atoms with E-state index in [4.69, 9.17) is 4.98 Å². The Morgan fingerprint density at radius 3 is 2.82 bits per heavy atom. The van der Waals surface area contributed by atoms with Gasteiger partial charge in [-0.25, -0.2) is 9.78 Å². The van der Waals surface area contributed by atoms with E-state index in [-0.39, 0.29) is 5.70 Å². The summed E-state index contributed by atoms with van der Waals surface area (Å²) >= 11 is 0. The van der Waals surface area contributed by atoms with Crippen LogP contribution < -0.4 is 21.3 Å². The summed E-state index contributed by atoms with van der Waals surface area (Å²) in [5, 5.41) is 16.9. The van der Waals surface area contributed by atoms with Crippen LogP contribution in [0, 0.1) is 0 Å². The number of H-pyrrole nitrogens is 1. The molecule has 0 unspecified atom stereocenters. The van der Waals surface area contributed by atoms with Gasteiger partial charge in [0.05, 0.1) is 6.20 Å². The third-order valence-electron chi connectivity index (χ3n) is 6.49. The number of rotatable bonds is 7. The van der Waals surface area contributed by atoms with E-state index in [1.54, 1.807) is 16.8 Å². The van der Waals surface area contributed by atoms with Gasteiger partial charge in [-0.1, -0.05) is 24.3 Å². The number of nitrogens with zero attached hydrogens (tertiary/aromatic N) is 5. The number of amides is 3. The van der Waals surface area contributed by atoms with Crippen LogP contribution >= 0.6 is 0 Å². The van der Waals surface area contributed by atoms with Crippen molar-refractivity contribution in [2.24, 2.45) is 0 Å². The molecule has 2 aliphatic rings. The van der Waals surface area contributed by atoms with Crippen molar-refractivity contribution >= 4 is 46.6 Å². The molecule has 1 aliphatic carbocycles. The van der Waals surface area contributed by atoms with Crippen LogP contribution in [0.25, 0.3) is 33.9 Å². The van der Waals surface area contributed by atoms with E-state index >= 15 is 0 Å². The third-order valence-corrected chi connectivity index (χ3v) is 6.49. The van der Waals surface area contributed by atoms with Gasteiger partial charge in [0.25, 0.3) is 5.91 Å². The number of imide groups is 1. The van der Waals surface area contributed by atoms with E-state index in [9.17, 15) is 9.59 Å². The molecular weight excluding hydrogens is 484 g/mol. The minimum absolute atomic E-state index is 0.136. The van der Waals surface area contributed by atoms with E-state index in [0.29, 0.717) is 35.7 Å². The highest BCUT2D eigenvalue weighted by Gasteiger charge is 2.26. The molecule has 7 rings (SSSR count). The molecule has 0 radical (unpaired) electrons. The van der Waals surface area contributed by atoms with Crippen molar-refractivity contribution in [1.82, 2.24) is 40.2 Å². The Kier molecular flexibility index (Phi) is 5.03. The van der Waals surface area contributed by atoms with Crippen LogP contribution in [-0.4, -0.2) is 47.5 Å². The molecular formula is C26H22N10O2. The molecule has 1 aliphatic heterocycles. The van der Waals surface area contributed by atoms with E-state index in [1.165, 1.54) is 0 Å². The summed E-state index contributed by atoms with van der Waals surface area (Å²) in [5.41, 5.74) is 5.20. The maximum absolute atomic E-state index is 12.0. The fraction of sp³-hybridized carbons (Fsp3) is 0.154. The fourth-order valence-corrected chi connectivity index (χ4v) is 4.43. The van der Waals surface area contributed by atoms with Crippen molar-refractivity contribution in [1.29, 1.82) is 0 Å². The molecule has 3 amide bonds. The second kappa shape index (κ2) is 8.69. The lowest BCUT2D eigenvalue weighted by atomic mass is 10.0. The van der Waals surface area contributed by atoms with Crippen LogP contribution in [0.2, 0.25) is 0 Å². The smallest absolute Gasteiger partial charge is 0.326 e. The Labute approximate surface area is 215 Å². The molecule has 38 heavy (non-hydrogen) atoms. The van der Waals surface area contributed by atoms with Gasteiger partial charge in [0.1, 0.15) is 11.3 Å². The Bertz CT molecular complexity index is 1760. The molecule has 1 aromatic carbocycles. The molecule has 5 heterocycles. The fourth-order valence-electron chi connectivity index (χ4n) is 4.43. The maximum Gasteiger partial charge on any atom is 0.326 e. The number of carbonyl (C=O) groups excluding carboxylic acids is 2. The first-order valence-electron chi connectivity index (χ1n) is 12.2. The molecule has 12 heteroatoms. The number of carbonyl (C=O) groups is 2.